The van der Waals surface area contributed by atoms with E-state index in [1.807, 2.05) is 13.8 Å². The molecule has 0 unspecified atom stereocenters. The van der Waals surface area contributed by atoms with Crippen LogP contribution in [0.1, 0.15) is 40.2 Å². The highest BCUT2D eigenvalue weighted by atomic mass is 14.2. The second-order valence-corrected chi connectivity index (χ2v) is 4.81. The average Bonchev–Trinajstić information content (AvgIpc) is 2.30. The molecule has 0 atom stereocenters. The average molecular weight is 214 g/mol. The van der Waals surface area contributed by atoms with Crippen molar-refractivity contribution in [3.63, 3.8) is 0 Å². The zero-order valence-corrected chi connectivity index (χ0v) is 11.0. The van der Waals surface area contributed by atoms with Gasteiger partial charge in [-0.05, 0) is 21.8 Å². The molecular formula is C16H22. The van der Waals surface area contributed by atoms with Gasteiger partial charge in [0.15, 0.2) is 0 Å². The van der Waals surface area contributed by atoms with E-state index in [-0.39, 0.29) is 5.41 Å². The van der Waals surface area contributed by atoms with Crippen LogP contribution in [0.3, 0.4) is 0 Å². The lowest BCUT2D eigenvalue weighted by molar-refractivity contribution is 0.591. The van der Waals surface area contributed by atoms with Gasteiger partial charge in [-0.1, -0.05) is 77.1 Å². The molecule has 0 heterocycles. The van der Waals surface area contributed by atoms with Crippen LogP contribution >= 0.6 is 0 Å². The first-order valence-electron chi connectivity index (χ1n) is 6.07. The molecule has 86 valence electrons. The van der Waals surface area contributed by atoms with E-state index in [1.54, 1.807) is 0 Å². The van der Waals surface area contributed by atoms with Gasteiger partial charge in [0, 0.05) is 0 Å². The molecule has 0 heteroatoms. The Hall–Kier alpha value is -1.30. The van der Waals surface area contributed by atoms with Crippen LogP contribution in [0.25, 0.3) is 10.8 Å². The maximum absolute atomic E-state index is 2.29. The van der Waals surface area contributed by atoms with Crippen molar-refractivity contribution in [3.05, 3.63) is 48.0 Å². The van der Waals surface area contributed by atoms with Crippen molar-refractivity contribution in [1.29, 1.82) is 0 Å². The lowest BCUT2D eigenvalue weighted by atomic mass is 9.86. The SMILES string of the molecule is CC.CC(C)(C)c1ccc2ccccc2c1. The van der Waals surface area contributed by atoms with Crippen LogP contribution in [-0.2, 0) is 5.41 Å². The molecule has 16 heavy (non-hydrogen) atoms. The van der Waals surface area contributed by atoms with E-state index in [4.69, 9.17) is 0 Å². The van der Waals surface area contributed by atoms with Crippen LogP contribution in [0.4, 0.5) is 0 Å². The standard InChI is InChI=1S/C14H16.C2H6/c1-14(2,3)13-9-8-11-6-4-5-7-12(11)10-13;1-2/h4-10H,1-3H3;1-2H3. The Morgan fingerprint density at radius 1 is 0.750 bits per heavy atom. The van der Waals surface area contributed by atoms with Gasteiger partial charge in [0.25, 0.3) is 0 Å². The largest absolute Gasteiger partial charge is 0.0683 e. The fourth-order valence-electron chi connectivity index (χ4n) is 1.66. The molecule has 0 aliphatic carbocycles. The first-order chi connectivity index (χ1) is 7.57. The summed E-state index contributed by atoms with van der Waals surface area (Å²) in [6, 6.07) is 15.2. The summed E-state index contributed by atoms with van der Waals surface area (Å²) in [5.41, 5.74) is 1.64. The normalized spacial score (nSPS) is 10.8. The van der Waals surface area contributed by atoms with Crippen molar-refractivity contribution in [2.24, 2.45) is 0 Å². The highest BCUT2D eigenvalue weighted by molar-refractivity contribution is 5.83. The molecule has 2 aromatic rings. The second kappa shape index (κ2) is 5.16. The zero-order chi connectivity index (χ0) is 12.2. The molecule has 0 fully saturated rings. The first kappa shape index (κ1) is 12.8. The van der Waals surface area contributed by atoms with Gasteiger partial charge in [-0.25, -0.2) is 0 Å². The molecule has 0 saturated heterocycles. The first-order valence-corrected chi connectivity index (χ1v) is 6.07. The van der Waals surface area contributed by atoms with E-state index in [0.717, 1.165) is 0 Å². The Bertz CT molecular complexity index is 447. The van der Waals surface area contributed by atoms with E-state index in [9.17, 15) is 0 Å². The van der Waals surface area contributed by atoms with Crippen molar-refractivity contribution < 1.29 is 0 Å². The minimum atomic E-state index is 0.240. The smallest absolute Gasteiger partial charge is 0.0132 e. The van der Waals surface area contributed by atoms with Crippen LogP contribution in [0.15, 0.2) is 42.5 Å². The molecule has 0 nitrogen and oxygen atoms in total. The van der Waals surface area contributed by atoms with E-state index >= 15 is 0 Å². The Balaban J connectivity index is 0.000000606. The van der Waals surface area contributed by atoms with Crippen LogP contribution in [0.5, 0.6) is 0 Å². The number of benzene rings is 2. The highest BCUT2D eigenvalue weighted by Crippen LogP contribution is 2.25. The zero-order valence-electron chi connectivity index (χ0n) is 11.0. The molecule has 2 aromatic carbocycles. The fraction of sp³-hybridized carbons (Fsp3) is 0.375. The summed E-state index contributed by atoms with van der Waals surface area (Å²) in [5.74, 6) is 0. The van der Waals surface area contributed by atoms with Gasteiger partial charge in [-0.3, -0.25) is 0 Å². The summed E-state index contributed by atoms with van der Waals surface area (Å²) in [4.78, 5) is 0. The predicted octanol–water partition coefficient (Wildman–Crippen LogP) is 5.16. The number of hydrogen-bond acceptors (Lipinski definition) is 0. The van der Waals surface area contributed by atoms with Gasteiger partial charge in [0.2, 0.25) is 0 Å². The quantitative estimate of drug-likeness (QED) is 0.568. The molecule has 0 N–H and O–H groups in total. The monoisotopic (exact) mass is 214 g/mol. The molecule has 2 rings (SSSR count). The van der Waals surface area contributed by atoms with Gasteiger partial charge in [-0.2, -0.15) is 0 Å². The van der Waals surface area contributed by atoms with Crippen molar-refractivity contribution in [2.45, 2.75) is 40.0 Å². The molecule has 0 aliphatic rings. The molecule has 0 bridgehead atoms. The molecular weight excluding hydrogens is 192 g/mol. The van der Waals surface area contributed by atoms with Crippen molar-refractivity contribution >= 4 is 10.8 Å². The van der Waals surface area contributed by atoms with E-state index in [0.29, 0.717) is 0 Å². The third-order valence-electron chi connectivity index (χ3n) is 2.62. The number of fused-ring (bicyclic) bond motifs is 1. The summed E-state index contributed by atoms with van der Waals surface area (Å²) >= 11 is 0. The summed E-state index contributed by atoms with van der Waals surface area (Å²) in [5, 5.41) is 2.65. The van der Waals surface area contributed by atoms with E-state index < -0.39 is 0 Å². The second-order valence-electron chi connectivity index (χ2n) is 4.81. The summed E-state index contributed by atoms with van der Waals surface area (Å²) in [6.07, 6.45) is 0. The lowest BCUT2D eigenvalue weighted by Crippen LogP contribution is -2.10. The molecule has 0 amide bonds. The molecule has 0 radical (unpaired) electrons. The summed E-state index contributed by atoms with van der Waals surface area (Å²) < 4.78 is 0. The van der Waals surface area contributed by atoms with Crippen LogP contribution in [0, 0.1) is 0 Å². The van der Waals surface area contributed by atoms with Gasteiger partial charge in [0.1, 0.15) is 0 Å². The Kier molecular flexibility index (Phi) is 4.12. The van der Waals surface area contributed by atoms with Gasteiger partial charge >= 0.3 is 0 Å². The Morgan fingerprint density at radius 2 is 1.31 bits per heavy atom. The van der Waals surface area contributed by atoms with Crippen molar-refractivity contribution in [3.8, 4) is 0 Å². The van der Waals surface area contributed by atoms with Gasteiger partial charge < -0.3 is 0 Å². The Labute approximate surface area is 99.3 Å². The topological polar surface area (TPSA) is 0 Å². The fourth-order valence-corrected chi connectivity index (χ4v) is 1.66. The number of rotatable bonds is 0. The molecule has 0 aromatic heterocycles. The number of hydrogen-bond donors (Lipinski definition) is 0. The highest BCUT2D eigenvalue weighted by Gasteiger charge is 2.13. The third kappa shape index (κ3) is 2.85. The third-order valence-corrected chi connectivity index (χ3v) is 2.62. The molecule has 0 saturated carbocycles. The van der Waals surface area contributed by atoms with Crippen LogP contribution in [-0.4, -0.2) is 0 Å². The van der Waals surface area contributed by atoms with Gasteiger partial charge in [0.05, 0.1) is 0 Å². The maximum Gasteiger partial charge on any atom is -0.0132 e. The maximum atomic E-state index is 2.29. The molecule has 0 spiro atoms. The van der Waals surface area contributed by atoms with Crippen LogP contribution < -0.4 is 0 Å². The minimum absolute atomic E-state index is 0.240. The van der Waals surface area contributed by atoms with Crippen LogP contribution in [0.2, 0.25) is 0 Å². The predicted molar refractivity (Wildman–Crippen MR) is 74.0 cm³/mol. The van der Waals surface area contributed by atoms with E-state index in [1.165, 1.54) is 16.3 Å². The summed E-state index contributed by atoms with van der Waals surface area (Å²) in [7, 11) is 0. The minimum Gasteiger partial charge on any atom is -0.0683 e. The van der Waals surface area contributed by atoms with Gasteiger partial charge in [-0.15, -0.1) is 0 Å². The van der Waals surface area contributed by atoms with Crippen molar-refractivity contribution in [1.82, 2.24) is 0 Å². The van der Waals surface area contributed by atoms with Crippen molar-refractivity contribution in [2.75, 3.05) is 0 Å². The lowest BCUT2D eigenvalue weighted by Gasteiger charge is -2.19. The van der Waals surface area contributed by atoms with E-state index in [2.05, 4.69) is 63.2 Å². The molecule has 0 aliphatic heterocycles. The summed E-state index contributed by atoms with van der Waals surface area (Å²) in [6.45, 7) is 10.7. The Morgan fingerprint density at radius 3 is 1.88 bits per heavy atom.